The Labute approximate surface area is 177 Å². The molecule has 2 aromatic carbocycles. The molecular weight excluding hydrogens is 386 g/mol. The van der Waals surface area contributed by atoms with E-state index in [2.05, 4.69) is 36.6 Å². The number of benzene rings is 2. The largest absolute Gasteiger partial charge is 0.476 e. The quantitative estimate of drug-likeness (QED) is 0.420. The van der Waals surface area contributed by atoms with Crippen LogP contribution < -0.4 is 4.74 Å². The summed E-state index contributed by atoms with van der Waals surface area (Å²) < 4.78 is 13.5. The van der Waals surface area contributed by atoms with Gasteiger partial charge in [0.05, 0.1) is 12.3 Å². The Hall–Kier alpha value is -2.46. The fraction of sp³-hybridized carbons (Fsp3) is 0.375. The van der Waals surface area contributed by atoms with Crippen LogP contribution in [-0.4, -0.2) is 22.7 Å². The molecule has 5 heteroatoms. The highest BCUT2D eigenvalue weighted by atomic mass is 35.5. The number of halogens is 1. The third-order valence-corrected chi connectivity index (χ3v) is 5.24. The van der Waals surface area contributed by atoms with Crippen LogP contribution in [0.2, 0.25) is 5.02 Å². The Balaban J connectivity index is 2.08. The molecular formula is C24H28ClNO3. The van der Waals surface area contributed by atoms with Gasteiger partial charge in [-0.2, -0.15) is 0 Å². The molecule has 29 heavy (non-hydrogen) atoms. The average Bonchev–Trinajstić information content (AvgIpc) is 2.94. The van der Waals surface area contributed by atoms with E-state index in [1.54, 1.807) is 20.8 Å². The molecule has 1 heterocycles. The standard InChI is InChI=1S/C24H28ClNO3/c1-6-14-26-21-13-12-19(29-24(4,5)23(27)28-7-2)15-20(21)16(3)22(26)17-8-10-18(25)11-9-17/h8-13,15H,6-7,14H2,1-5H3. The van der Waals surface area contributed by atoms with Crippen LogP contribution in [0.25, 0.3) is 22.2 Å². The number of carbonyl (C=O) groups is 1. The van der Waals surface area contributed by atoms with Gasteiger partial charge in [-0.25, -0.2) is 4.79 Å². The summed E-state index contributed by atoms with van der Waals surface area (Å²) in [4.78, 5) is 12.2. The monoisotopic (exact) mass is 413 g/mol. The number of esters is 1. The van der Waals surface area contributed by atoms with E-state index in [1.807, 2.05) is 24.3 Å². The zero-order valence-corrected chi connectivity index (χ0v) is 18.5. The number of fused-ring (bicyclic) bond motifs is 1. The Bertz CT molecular complexity index is 1020. The summed E-state index contributed by atoms with van der Waals surface area (Å²) in [6.45, 7) is 10.8. The van der Waals surface area contributed by atoms with E-state index < -0.39 is 5.60 Å². The summed E-state index contributed by atoms with van der Waals surface area (Å²) in [6, 6.07) is 13.9. The highest BCUT2D eigenvalue weighted by Crippen LogP contribution is 2.36. The number of hydrogen-bond donors (Lipinski definition) is 0. The summed E-state index contributed by atoms with van der Waals surface area (Å²) >= 11 is 6.09. The van der Waals surface area contributed by atoms with E-state index in [0.29, 0.717) is 12.4 Å². The first-order chi connectivity index (χ1) is 13.8. The second-order valence-corrected chi connectivity index (χ2v) is 8.08. The summed E-state index contributed by atoms with van der Waals surface area (Å²) in [5, 5.41) is 1.84. The lowest BCUT2D eigenvalue weighted by atomic mass is 10.1. The van der Waals surface area contributed by atoms with Crippen LogP contribution in [0.3, 0.4) is 0 Å². The molecule has 4 nitrogen and oxygen atoms in total. The van der Waals surface area contributed by atoms with Gasteiger partial charge in [0.1, 0.15) is 5.75 Å². The molecule has 0 aliphatic carbocycles. The van der Waals surface area contributed by atoms with Crippen molar-refractivity contribution < 1.29 is 14.3 Å². The number of hydrogen-bond acceptors (Lipinski definition) is 3. The van der Waals surface area contributed by atoms with Gasteiger partial charge in [-0.05, 0) is 75.6 Å². The van der Waals surface area contributed by atoms with E-state index in [9.17, 15) is 4.79 Å². The molecule has 0 spiro atoms. The van der Waals surface area contributed by atoms with Crippen LogP contribution in [0.15, 0.2) is 42.5 Å². The smallest absolute Gasteiger partial charge is 0.349 e. The van der Waals surface area contributed by atoms with Gasteiger partial charge in [-0.1, -0.05) is 30.7 Å². The molecule has 0 aliphatic rings. The minimum Gasteiger partial charge on any atom is -0.476 e. The van der Waals surface area contributed by atoms with Crippen molar-refractivity contribution in [2.24, 2.45) is 0 Å². The summed E-state index contributed by atoms with van der Waals surface area (Å²) in [6.07, 6.45) is 1.03. The van der Waals surface area contributed by atoms with Crippen molar-refractivity contribution in [3.05, 3.63) is 53.1 Å². The maximum atomic E-state index is 12.2. The van der Waals surface area contributed by atoms with Gasteiger partial charge in [0.25, 0.3) is 0 Å². The Morgan fingerprint density at radius 1 is 1.10 bits per heavy atom. The van der Waals surface area contributed by atoms with Crippen LogP contribution in [-0.2, 0) is 16.1 Å². The SMILES string of the molecule is CCCn1c(-c2ccc(Cl)cc2)c(C)c2cc(OC(C)(C)C(=O)OCC)ccc21. The fourth-order valence-corrected chi connectivity index (χ4v) is 3.77. The lowest BCUT2D eigenvalue weighted by Crippen LogP contribution is -2.39. The minimum absolute atomic E-state index is 0.327. The third-order valence-electron chi connectivity index (χ3n) is 4.99. The van der Waals surface area contributed by atoms with Crippen molar-refractivity contribution in [2.75, 3.05) is 6.61 Å². The van der Waals surface area contributed by atoms with E-state index in [0.717, 1.165) is 34.5 Å². The Morgan fingerprint density at radius 3 is 2.41 bits per heavy atom. The molecule has 0 atom stereocenters. The molecule has 0 unspecified atom stereocenters. The predicted molar refractivity (Wildman–Crippen MR) is 119 cm³/mol. The summed E-state index contributed by atoms with van der Waals surface area (Å²) in [7, 11) is 0. The molecule has 0 N–H and O–H groups in total. The summed E-state index contributed by atoms with van der Waals surface area (Å²) in [5.41, 5.74) is 3.58. The fourth-order valence-electron chi connectivity index (χ4n) is 3.64. The third kappa shape index (κ3) is 4.27. The minimum atomic E-state index is -1.05. The van der Waals surface area contributed by atoms with Gasteiger partial charge in [-0.15, -0.1) is 0 Å². The van der Waals surface area contributed by atoms with Gasteiger partial charge in [-0.3, -0.25) is 0 Å². The normalized spacial score (nSPS) is 11.7. The number of aromatic nitrogens is 1. The maximum Gasteiger partial charge on any atom is 0.349 e. The van der Waals surface area contributed by atoms with Gasteiger partial charge < -0.3 is 14.0 Å². The van der Waals surface area contributed by atoms with Crippen molar-refractivity contribution in [1.29, 1.82) is 0 Å². The van der Waals surface area contributed by atoms with Crippen molar-refractivity contribution in [2.45, 2.75) is 53.2 Å². The Morgan fingerprint density at radius 2 is 1.79 bits per heavy atom. The van der Waals surface area contributed by atoms with Crippen molar-refractivity contribution in [3.63, 3.8) is 0 Å². The lowest BCUT2D eigenvalue weighted by molar-refractivity contribution is -0.158. The van der Waals surface area contributed by atoms with Crippen molar-refractivity contribution >= 4 is 28.5 Å². The highest BCUT2D eigenvalue weighted by molar-refractivity contribution is 6.30. The number of rotatable bonds is 7. The topological polar surface area (TPSA) is 40.5 Å². The van der Waals surface area contributed by atoms with Gasteiger partial charge >= 0.3 is 5.97 Å². The van der Waals surface area contributed by atoms with E-state index >= 15 is 0 Å². The molecule has 0 amide bonds. The molecule has 3 rings (SSSR count). The van der Waals surface area contributed by atoms with Crippen LogP contribution >= 0.6 is 11.6 Å². The predicted octanol–water partition coefficient (Wildman–Crippen LogP) is 6.40. The van der Waals surface area contributed by atoms with Gasteiger partial charge in [0, 0.05) is 22.5 Å². The van der Waals surface area contributed by atoms with Gasteiger partial charge in [0.2, 0.25) is 0 Å². The zero-order valence-electron chi connectivity index (χ0n) is 17.7. The van der Waals surface area contributed by atoms with Crippen LogP contribution in [0.5, 0.6) is 5.75 Å². The molecule has 3 aromatic rings. The van der Waals surface area contributed by atoms with E-state index in [-0.39, 0.29) is 5.97 Å². The molecule has 1 aromatic heterocycles. The van der Waals surface area contributed by atoms with Crippen LogP contribution in [0, 0.1) is 6.92 Å². The number of aryl methyl sites for hydroxylation is 2. The van der Waals surface area contributed by atoms with Crippen molar-refractivity contribution in [1.82, 2.24) is 4.57 Å². The number of nitrogens with zero attached hydrogens (tertiary/aromatic N) is 1. The Kier molecular flexibility index (Phi) is 6.23. The van der Waals surface area contributed by atoms with Crippen LogP contribution in [0.4, 0.5) is 0 Å². The zero-order chi connectivity index (χ0) is 21.2. The molecule has 0 bridgehead atoms. The molecule has 0 radical (unpaired) electrons. The molecule has 0 aliphatic heterocycles. The first-order valence-electron chi connectivity index (χ1n) is 10.0. The maximum absolute atomic E-state index is 12.2. The lowest BCUT2D eigenvalue weighted by Gasteiger charge is -2.24. The summed E-state index contributed by atoms with van der Waals surface area (Å²) in [5.74, 6) is 0.275. The molecule has 154 valence electrons. The van der Waals surface area contributed by atoms with E-state index in [1.165, 1.54) is 11.3 Å². The van der Waals surface area contributed by atoms with E-state index in [4.69, 9.17) is 21.1 Å². The first-order valence-corrected chi connectivity index (χ1v) is 10.4. The average molecular weight is 414 g/mol. The van der Waals surface area contributed by atoms with Crippen molar-refractivity contribution in [3.8, 4) is 17.0 Å². The molecule has 0 saturated carbocycles. The molecule has 0 saturated heterocycles. The number of carbonyl (C=O) groups excluding carboxylic acids is 1. The number of ether oxygens (including phenoxy) is 2. The first kappa shape index (κ1) is 21.3. The second-order valence-electron chi connectivity index (χ2n) is 7.64. The second kappa shape index (κ2) is 8.50. The molecule has 0 fully saturated rings. The van der Waals surface area contributed by atoms with Gasteiger partial charge in [0.15, 0.2) is 5.60 Å². The van der Waals surface area contributed by atoms with Crippen LogP contribution in [0.1, 0.15) is 39.7 Å². The highest BCUT2D eigenvalue weighted by Gasteiger charge is 2.31.